The molecule has 10 heteroatoms. The topological polar surface area (TPSA) is 100 Å². The van der Waals surface area contributed by atoms with Crippen LogP contribution in [-0.2, 0) is 15.6 Å². The van der Waals surface area contributed by atoms with Crippen molar-refractivity contribution < 1.29 is 18.9 Å². The minimum absolute atomic E-state index is 0.0425. The summed E-state index contributed by atoms with van der Waals surface area (Å²) < 4.78 is 15.6. The molecule has 0 fully saturated rings. The molecule has 1 heterocycles. The van der Waals surface area contributed by atoms with Gasteiger partial charge in [-0.25, -0.2) is 0 Å². The van der Waals surface area contributed by atoms with Gasteiger partial charge in [-0.05, 0) is 50.2 Å². The van der Waals surface area contributed by atoms with Gasteiger partial charge in [0.05, 0.1) is 48.2 Å². The molecule has 0 saturated carbocycles. The lowest BCUT2D eigenvalue weighted by atomic mass is 10.1. The molecule has 1 aromatic heterocycles. The number of rotatable bonds is 7. The molecular weight excluding hydrogens is 581 g/mol. The molecule has 5 rings (SSSR count). The van der Waals surface area contributed by atoms with Gasteiger partial charge in [0, 0.05) is 23.3 Å². The lowest BCUT2D eigenvalue weighted by Crippen LogP contribution is -2.29. The summed E-state index contributed by atoms with van der Waals surface area (Å²) in [6.45, 7) is 3.39. The van der Waals surface area contributed by atoms with E-state index in [-0.39, 0.29) is 32.7 Å². The summed E-state index contributed by atoms with van der Waals surface area (Å²) >= 11 is 12.6. The van der Waals surface area contributed by atoms with Crippen LogP contribution >= 0.6 is 23.2 Å². The predicted octanol–water partition coefficient (Wildman–Crippen LogP) is 7.34. The van der Waals surface area contributed by atoms with Crippen LogP contribution in [0.15, 0.2) is 96.0 Å². The summed E-state index contributed by atoms with van der Waals surface area (Å²) in [7, 11) is -1.72. The highest BCUT2D eigenvalue weighted by Gasteiger charge is 2.26. The van der Waals surface area contributed by atoms with Crippen molar-refractivity contribution in [3.05, 3.63) is 112 Å². The second-order valence-electron chi connectivity index (χ2n) is 9.43. The summed E-state index contributed by atoms with van der Waals surface area (Å²) in [6.07, 6.45) is 1.79. The van der Waals surface area contributed by atoms with Crippen LogP contribution in [0.5, 0.6) is 5.75 Å². The summed E-state index contributed by atoms with van der Waals surface area (Å²) in [4.78, 5) is 26.4. The fourth-order valence-electron chi connectivity index (χ4n) is 4.39. The zero-order chi connectivity index (χ0) is 29.3. The maximum absolute atomic E-state index is 13.6. The number of phenolic OH excluding ortho intramolecular Hbond substituents is 1. The summed E-state index contributed by atoms with van der Waals surface area (Å²) in [5, 5.41) is 16.0. The van der Waals surface area contributed by atoms with Gasteiger partial charge < -0.3 is 20.3 Å². The molecule has 41 heavy (non-hydrogen) atoms. The van der Waals surface area contributed by atoms with E-state index in [4.69, 9.17) is 23.2 Å². The number of nitrogens with zero attached hydrogens (tertiary/aromatic N) is 1. The SMILES string of the molecule is Cc1ccc(Cl)c(C(=O)Nc2cc(Cl)c(NC(=O)C(C)S(=O)c3cn(-c4ccccc4)c4ccccc34)cc2O)c1. The monoisotopic (exact) mass is 605 g/mol. The predicted molar refractivity (Wildman–Crippen MR) is 165 cm³/mol. The highest BCUT2D eigenvalue weighted by molar-refractivity contribution is 7.86. The maximum Gasteiger partial charge on any atom is 0.257 e. The molecule has 0 aliphatic carbocycles. The zero-order valence-electron chi connectivity index (χ0n) is 22.0. The first kappa shape index (κ1) is 28.4. The van der Waals surface area contributed by atoms with Crippen LogP contribution in [0, 0.1) is 6.92 Å². The number of nitrogens with one attached hydrogen (secondary N) is 2. The van der Waals surface area contributed by atoms with E-state index in [1.807, 2.05) is 66.1 Å². The Labute approximate surface area is 249 Å². The van der Waals surface area contributed by atoms with Gasteiger partial charge in [-0.15, -0.1) is 0 Å². The fourth-order valence-corrected chi connectivity index (χ4v) is 6.04. The molecule has 7 nitrogen and oxygen atoms in total. The first-order chi connectivity index (χ1) is 19.6. The molecule has 2 atom stereocenters. The molecule has 208 valence electrons. The van der Waals surface area contributed by atoms with E-state index in [1.54, 1.807) is 31.3 Å². The van der Waals surface area contributed by atoms with E-state index >= 15 is 0 Å². The molecule has 4 aromatic carbocycles. The molecule has 0 radical (unpaired) electrons. The molecule has 2 amide bonds. The molecule has 0 aliphatic rings. The van der Waals surface area contributed by atoms with E-state index in [9.17, 15) is 18.9 Å². The molecule has 0 saturated heterocycles. The van der Waals surface area contributed by atoms with Gasteiger partial charge in [-0.1, -0.05) is 71.2 Å². The molecule has 2 unspecified atom stereocenters. The number of aryl methyl sites for hydroxylation is 1. The van der Waals surface area contributed by atoms with E-state index in [2.05, 4.69) is 10.6 Å². The normalized spacial score (nSPS) is 12.6. The van der Waals surface area contributed by atoms with Crippen molar-refractivity contribution in [1.29, 1.82) is 0 Å². The molecule has 5 aromatic rings. The van der Waals surface area contributed by atoms with Crippen LogP contribution < -0.4 is 10.6 Å². The summed E-state index contributed by atoms with van der Waals surface area (Å²) in [5.74, 6) is -1.40. The second-order valence-corrected chi connectivity index (χ2v) is 12.0. The van der Waals surface area contributed by atoms with Crippen LogP contribution in [0.4, 0.5) is 11.4 Å². The number of carbonyl (C=O) groups is 2. The van der Waals surface area contributed by atoms with Gasteiger partial charge >= 0.3 is 0 Å². The minimum atomic E-state index is -1.72. The number of hydrogen-bond donors (Lipinski definition) is 3. The molecule has 0 aliphatic heterocycles. The average molecular weight is 607 g/mol. The third-order valence-electron chi connectivity index (χ3n) is 6.57. The Kier molecular flexibility index (Phi) is 8.17. The zero-order valence-corrected chi connectivity index (χ0v) is 24.3. The minimum Gasteiger partial charge on any atom is -0.506 e. The maximum atomic E-state index is 13.6. The quantitative estimate of drug-likeness (QED) is 0.169. The molecule has 0 spiro atoms. The van der Waals surface area contributed by atoms with Crippen LogP contribution in [0.3, 0.4) is 0 Å². The van der Waals surface area contributed by atoms with Crippen molar-refractivity contribution in [2.24, 2.45) is 0 Å². The van der Waals surface area contributed by atoms with Crippen molar-refractivity contribution in [3.8, 4) is 11.4 Å². The molecule has 0 bridgehead atoms. The number of amides is 2. The van der Waals surface area contributed by atoms with Gasteiger partial charge in [0.15, 0.2) is 0 Å². The Balaban J connectivity index is 1.35. The third kappa shape index (κ3) is 5.86. The Bertz CT molecular complexity index is 1820. The van der Waals surface area contributed by atoms with Gasteiger partial charge in [0.2, 0.25) is 5.91 Å². The number of anilines is 2. The fraction of sp³-hybridized carbons (Fsp3) is 0.0968. The molecule has 3 N–H and O–H groups in total. The van der Waals surface area contributed by atoms with E-state index in [0.29, 0.717) is 4.90 Å². The van der Waals surface area contributed by atoms with Crippen molar-refractivity contribution in [1.82, 2.24) is 4.57 Å². The number of halogens is 2. The lowest BCUT2D eigenvalue weighted by Gasteiger charge is -2.15. The second kappa shape index (κ2) is 11.8. The highest BCUT2D eigenvalue weighted by Crippen LogP contribution is 2.35. The number of fused-ring (bicyclic) bond motifs is 1. The highest BCUT2D eigenvalue weighted by atomic mass is 35.5. The van der Waals surface area contributed by atoms with E-state index < -0.39 is 27.9 Å². The number of aromatic nitrogens is 1. The largest absolute Gasteiger partial charge is 0.506 e. The Morgan fingerprint density at radius 3 is 2.34 bits per heavy atom. The van der Waals surface area contributed by atoms with Gasteiger partial charge in [-0.2, -0.15) is 0 Å². The van der Waals surface area contributed by atoms with Crippen LogP contribution in [0.1, 0.15) is 22.8 Å². The summed E-state index contributed by atoms with van der Waals surface area (Å²) in [5.41, 5.74) is 3.01. The first-order valence-electron chi connectivity index (χ1n) is 12.6. The number of benzene rings is 4. The summed E-state index contributed by atoms with van der Waals surface area (Å²) in [6, 6.07) is 24.8. The van der Waals surface area contributed by atoms with Gasteiger partial charge in [-0.3, -0.25) is 13.8 Å². The smallest absolute Gasteiger partial charge is 0.257 e. The number of hydrogen-bond acceptors (Lipinski definition) is 4. The first-order valence-corrected chi connectivity index (χ1v) is 14.6. The van der Waals surface area contributed by atoms with Crippen molar-refractivity contribution in [2.45, 2.75) is 24.0 Å². The average Bonchev–Trinajstić information content (AvgIpc) is 3.36. The van der Waals surface area contributed by atoms with Crippen LogP contribution in [0.2, 0.25) is 10.0 Å². The number of carbonyl (C=O) groups excluding carboxylic acids is 2. The van der Waals surface area contributed by atoms with Crippen LogP contribution in [-0.4, -0.2) is 30.9 Å². The van der Waals surface area contributed by atoms with Crippen LogP contribution in [0.25, 0.3) is 16.6 Å². The lowest BCUT2D eigenvalue weighted by molar-refractivity contribution is -0.115. The van der Waals surface area contributed by atoms with Gasteiger partial charge in [0.25, 0.3) is 5.91 Å². The molecular formula is C31H25Cl2N3O4S. The van der Waals surface area contributed by atoms with Crippen molar-refractivity contribution in [3.63, 3.8) is 0 Å². The Morgan fingerprint density at radius 2 is 1.59 bits per heavy atom. The van der Waals surface area contributed by atoms with Crippen molar-refractivity contribution >= 4 is 68.1 Å². The number of aromatic hydroxyl groups is 1. The Morgan fingerprint density at radius 1 is 0.878 bits per heavy atom. The van der Waals surface area contributed by atoms with E-state index in [1.165, 1.54) is 12.1 Å². The number of para-hydroxylation sites is 2. The third-order valence-corrected chi connectivity index (χ3v) is 8.83. The van der Waals surface area contributed by atoms with Crippen molar-refractivity contribution in [2.75, 3.05) is 10.6 Å². The standard InChI is InChI=1S/C31H25Cl2N3O4S/c1-18-12-13-23(32)22(14-18)31(39)35-26-15-24(33)25(16-28(26)37)34-30(38)19(2)41(40)29-17-36(20-8-4-3-5-9-20)27-11-7-6-10-21(27)29/h3-17,19,37H,1-2H3,(H,34,38)(H,35,39). The Hall–Kier alpha value is -4.11. The number of phenols is 1. The van der Waals surface area contributed by atoms with E-state index in [0.717, 1.165) is 22.2 Å². The van der Waals surface area contributed by atoms with Gasteiger partial charge in [0.1, 0.15) is 11.0 Å².